The highest BCUT2D eigenvalue weighted by atomic mass is 16.3. The maximum Gasteiger partial charge on any atom is 0.226 e. The van der Waals surface area contributed by atoms with E-state index in [1.807, 2.05) is 6.07 Å². The van der Waals surface area contributed by atoms with Crippen molar-refractivity contribution in [1.29, 1.82) is 5.26 Å². The Bertz CT molecular complexity index is 855. The Morgan fingerprint density at radius 3 is 2.00 bits per heavy atom. The molecule has 2 rings (SSSR count). The zero-order valence-electron chi connectivity index (χ0n) is 17.0. The lowest BCUT2D eigenvalue weighted by Gasteiger charge is -2.16. The maximum absolute atomic E-state index is 9.64. The van der Waals surface area contributed by atoms with Gasteiger partial charge in [-0.15, -0.1) is 10.2 Å². The van der Waals surface area contributed by atoms with Gasteiger partial charge in [0.25, 0.3) is 0 Å². The SMILES string of the molecule is CC(O)CNc1nc(NCC(C)O)c(N=Nc2[nH]ncc2C#N)c(NCC(C)O)n1. The molecule has 2 aromatic rings. The van der Waals surface area contributed by atoms with Crippen LogP contribution < -0.4 is 16.0 Å². The van der Waals surface area contributed by atoms with Gasteiger partial charge in [0.2, 0.25) is 5.95 Å². The predicted octanol–water partition coefficient (Wildman–Crippen LogP) is 0.865. The minimum absolute atomic E-state index is 0.164. The summed E-state index contributed by atoms with van der Waals surface area (Å²) < 4.78 is 0. The lowest BCUT2D eigenvalue weighted by Crippen LogP contribution is -2.21. The average molecular weight is 418 g/mol. The van der Waals surface area contributed by atoms with E-state index < -0.39 is 18.3 Å². The summed E-state index contributed by atoms with van der Waals surface area (Å²) in [5.74, 6) is 0.884. The highest BCUT2D eigenvalue weighted by Gasteiger charge is 2.17. The third-order valence-corrected chi connectivity index (χ3v) is 3.56. The molecule has 0 spiro atoms. The van der Waals surface area contributed by atoms with Crippen LogP contribution in [-0.2, 0) is 0 Å². The molecule has 0 amide bonds. The molecule has 0 aliphatic rings. The number of aliphatic hydroxyl groups is 3. The van der Waals surface area contributed by atoms with Gasteiger partial charge in [0.05, 0.1) is 24.5 Å². The van der Waals surface area contributed by atoms with Gasteiger partial charge >= 0.3 is 0 Å². The van der Waals surface area contributed by atoms with Crippen LogP contribution in [-0.4, -0.2) is 73.4 Å². The van der Waals surface area contributed by atoms with Crippen molar-refractivity contribution in [3.05, 3.63) is 11.8 Å². The Morgan fingerprint density at radius 2 is 1.50 bits per heavy atom. The van der Waals surface area contributed by atoms with E-state index in [9.17, 15) is 15.3 Å². The summed E-state index contributed by atoms with van der Waals surface area (Å²) in [7, 11) is 0. The number of anilines is 3. The number of nitrogens with zero attached hydrogens (tertiary/aromatic N) is 6. The summed E-state index contributed by atoms with van der Waals surface area (Å²) in [5, 5.41) is 61.3. The monoisotopic (exact) mass is 418 g/mol. The Hall–Kier alpha value is -3.34. The number of aromatic amines is 1. The Morgan fingerprint density at radius 1 is 0.967 bits per heavy atom. The molecule has 0 bridgehead atoms. The molecule has 2 heterocycles. The molecule has 0 aliphatic carbocycles. The van der Waals surface area contributed by atoms with Crippen LogP contribution in [0.2, 0.25) is 0 Å². The molecule has 30 heavy (non-hydrogen) atoms. The normalized spacial score (nSPS) is 14.2. The lowest BCUT2D eigenvalue weighted by atomic mass is 10.3. The Labute approximate surface area is 173 Å². The third-order valence-electron chi connectivity index (χ3n) is 3.56. The summed E-state index contributed by atoms with van der Waals surface area (Å²) in [6.07, 6.45) is -0.622. The van der Waals surface area contributed by atoms with E-state index in [1.165, 1.54) is 6.20 Å². The summed E-state index contributed by atoms with van der Waals surface area (Å²) in [6, 6.07) is 1.95. The number of aromatic nitrogens is 4. The van der Waals surface area contributed by atoms with E-state index in [-0.39, 0.29) is 54.3 Å². The van der Waals surface area contributed by atoms with E-state index >= 15 is 0 Å². The molecular formula is C17H26N10O3. The highest BCUT2D eigenvalue weighted by molar-refractivity contribution is 5.75. The molecule has 0 fully saturated rings. The van der Waals surface area contributed by atoms with Crippen molar-refractivity contribution in [1.82, 2.24) is 20.2 Å². The van der Waals surface area contributed by atoms with Crippen LogP contribution in [0.25, 0.3) is 0 Å². The molecule has 3 unspecified atom stereocenters. The molecule has 0 aliphatic heterocycles. The largest absolute Gasteiger partial charge is 0.392 e. The smallest absolute Gasteiger partial charge is 0.226 e. The second kappa shape index (κ2) is 11.0. The number of aliphatic hydroxyl groups excluding tert-OH is 3. The number of hydrogen-bond acceptors (Lipinski definition) is 12. The van der Waals surface area contributed by atoms with Gasteiger partial charge < -0.3 is 31.3 Å². The number of azo groups is 1. The number of nitriles is 1. The first-order chi connectivity index (χ1) is 14.3. The van der Waals surface area contributed by atoms with Crippen molar-refractivity contribution >= 4 is 29.1 Å². The van der Waals surface area contributed by atoms with Gasteiger partial charge in [-0.1, -0.05) is 0 Å². The molecule has 13 heteroatoms. The fourth-order valence-electron chi connectivity index (χ4n) is 2.14. The van der Waals surface area contributed by atoms with Gasteiger partial charge in [0.15, 0.2) is 23.1 Å². The van der Waals surface area contributed by atoms with Crippen LogP contribution in [0.3, 0.4) is 0 Å². The maximum atomic E-state index is 9.64. The third kappa shape index (κ3) is 6.92. The second-order valence-electron chi connectivity index (χ2n) is 6.73. The first kappa shape index (κ1) is 22.9. The quantitative estimate of drug-likeness (QED) is 0.257. The Balaban J connectivity index is 2.47. The standard InChI is InChI=1S/C17H26N10O3/c1-9(28)5-19-15-13(25-27-14-12(4-18)8-22-26-14)16(20-6-10(2)29)24-17(23-15)21-7-11(3)30/h8-11,28-30H,5-7H2,1-3H3,(H,22,26)(H3,19,20,21,23,24). The van der Waals surface area contributed by atoms with Crippen LogP contribution >= 0.6 is 0 Å². The topological polar surface area (TPSA) is 200 Å². The number of rotatable bonds is 11. The minimum Gasteiger partial charge on any atom is -0.392 e. The lowest BCUT2D eigenvalue weighted by molar-refractivity contribution is 0.208. The summed E-state index contributed by atoms with van der Waals surface area (Å²) in [5.41, 5.74) is 0.421. The summed E-state index contributed by atoms with van der Waals surface area (Å²) in [6.45, 7) is 5.41. The van der Waals surface area contributed by atoms with E-state index in [2.05, 4.69) is 46.3 Å². The molecule has 0 saturated carbocycles. The molecule has 3 atom stereocenters. The number of nitrogens with one attached hydrogen (secondary N) is 4. The van der Waals surface area contributed by atoms with Crippen molar-refractivity contribution in [2.24, 2.45) is 10.2 Å². The van der Waals surface area contributed by atoms with Crippen molar-refractivity contribution < 1.29 is 15.3 Å². The second-order valence-corrected chi connectivity index (χ2v) is 6.73. The summed E-state index contributed by atoms with van der Waals surface area (Å²) >= 11 is 0. The van der Waals surface area contributed by atoms with E-state index in [4.69, 9.17) is 5.26 Å². The Kier molecular flexibility index (Phi) is 8.41. The number of hydrogen-bond donors (Lipinski definition) is 7. The van der Waals surface area contributed by atoms with Gasteiger partial charge in [0.1, 0.15) is 11.6 Å². The molecule has 0 radical (unpaired) electrons. The zero-order chi connectivity index (χ0) is 22.1. The van der Waals surface area contributed by atoms with E-state index in [0.717, 1.165) is 0 Å². The molecular weight excluding hydrogens is 392 g/mol. The van der Waals surface area contributed by atoms with Crippen LogP contribution in [0.1, 0.15) is 26.3 Å². The number of H-pyrrole nitrogens is 1. The predicted molar refractivity (Wildman–Crippen MR) is 110 cm³/mol. The first-order valence-corrected chi connectivity index (χ1v) is 9.33. The first-order valence-electron chi connectivity index (χ1n) is 9.33. The van der Waals surface area contributed by atoms with Crippen LogP contribution in [0.4, 0.5) is 29.1 Å². The molecule has 7 N–H and O–H groups in total. The zero-order valence-corrected chi connectivity index (χ0v) is 17.0. The molecule has 0 aromatic carbocycles. The van der Waals surface area contributed by atoms with Crippen molar-refractivity contribution in [3.63, 3.8) is 0 Å². The van der Waals surface area contributed by atoms with Gasteiger partial charge in [-0.25, -0.2) is 0 Å². The van der Waals surface area contributed by atoms with Crippen LogP contribution in [0.15, 0.2) is 16.4 Å². The van der Waals surface area contributed by atoms with Crippen molar-refractivity contribution in [2.45, 2.75) is 39.1 Å². The minimum atomic E-state index is -0.662. The van der Waals surface area contributed by atoms with Crippen LogP contribution in [0, 0.1) is 11.3 Å². The fourth-order valence-corrected chi connectivity index (χ4v) is 2.14. The summed E-state index contributed by atoms with van der Waals surface area (Å²) in [4.78, 5) is 8.69. The van der Waals surface area contributed by atoms with E-state index in [1.54, 1.807) is 20.8 Å². The average Bonchev–Trinajstić information content (AvgIpc) is 3.15. The molecule has 13 nitrogen and oxygen atoms in total. The van der Waals surface area contributed by atoms with Gasteiger partial charge in [-0.3, -0.25) is 5.10 Å². The van der Waals surface area contributed by atoms with Gasteiger partial charge in [-0.05, 0) is 20.8 Å². The fraction of sp³-hybridized carbons (Fsp3) is 0.529. The van der Waals surface area contributed by atoms with Gasteiger partial charge in [-0.2, -0.15) is 20.3 Å². The van der Waals surface area contributed by atoms with Gasteiger partial charge in [0, 0.05) is 19.6 Å². The molecule has 0 saturated heterocycles. The van der Waals surface area contributed by atoms with Crippen molar-refractivity contribution in [2.75, 3.05) is 35.6 Å². The highest BCUT2D eigenvalue weighted by Crippen LogP contribution is 2.33. The van der Waals surface area contributed by atoms with E-state index in [0.29, 0.717) is 0 Å². The van der Waals surface area contributed by atoms with Crippen LogP contribution in [0.5, 0.6) is 0 Å². The molecule has 2 aromatic heterocycles. The molecule has 162 valence electrons. The van der Waals surface area contributed by atoms with Crippen molar-refractivity contribution in [3.8, 4) is 6.07 Å².